The summed E-state index contributed by atoms with van der Waals surface area (Å²) in [6, 6.07) is 11.3. The van der Waals surface area contributed by atoms with Crippen molar-refractivity contribution in [3.63, 3.8) is 0 Å². The molecule has 2 atom stereocenters. The maximum absolute atomic E-state index is 12.4. The fraction of sp³-hybridized carbons (Fsp3) is 0.391. The summed E-state index contributed by atoms with van der Waals surface area (Å²) in [4.78, 5) is 13.9. The van der Waals surface area contributed by atoms with E-state index in [9.17, 15) is 20.6 Å². The summed E-state index contributed by atoms with van der Waals surface area (Å²) in [7, 11) is 2.99. The summed E-state index contributed by atoms with van der Waals surface area (Å²) < 4.78 is 15.9. The second kappa shape index (κ2) is 8.91. The van der Waals surface area contributed by atoms with Crippen molar-refractivity contribution in [1.82, 2.24) is 4.90 Å². The van der Waals surface area contributed by atoms with Crippen molar-refractivity contribution in [3.05, 3.63) is 46.7 Å². The predicted molar refractivity (Wildman–Crippen MR) is 113 cm³/mol. The number of ether oxygens (including phenoxy) is 3. The minimum Gasteiger partial charge on any atom is -0.493 e. The summed E-state index contributed by atoms with van der Waals surface area (Å²) in [6.45, 7) is 2.32. The number of carbonyl (C=O) groups excluding carboxylic acids is 1. The molecular weight excluding hydrogens is 410 g/mol. The summed E-state index contributed by atoms with van der Waals surface area (Å²) in [6.07, 6.45) is 1.23. The SMILES string of the molecule is CCOC(=O)N1CC=C2C(C#N)=C(N)C(C#N)(C#N)[C@H](c3ccc(OC)c(OC)c3)[C@@H]2C1. The van der Waals surface area contributed by atoms with Gasteiger partial charge in [0.1, 0.15) is 6.07 Å². The molecule has 1 heterocycles. The van der Waals surface area contributed by atoms with Gasteiger partial charge in [-0.05, 0) is 30.2 Å². The van der Waals surface area contributed by atoms with Crippen molar-refractivity contribution in [2.24, 2.45) is 17.1 Å². The van der Waals surface area contributed by atoms with Crippen molar-refractivity contribution in [3.8, 4) is 29.7 Å². The Labute approximate surface area is 186 Å². The van der Waals surface area contributed by atoms with Crippen LogP contribution in [0.1, 0.15) is 18.4 Å². The van der Waals surface area contributed by atoms with E-state index in [1.807, 2.05) is 0 Å². The Morgan fingerprint density at radius 2 is 1.91 bits per heavy atom. The van der Waals surface area contributed by atoms with Crippen LogP contribution >= 0.6 is 0 Å². The molecule has 0 saturated heterocycles. The first-order valence-electron chi connectivity index (χ1n) is 9.99. The zero-order valence-electron chi connectivity index (χ0n) is 18.1. The van der Waals surface area contributed by atoms with Crippen LogP contribution < -0.4 is 15.2 Å². The van der Waals surface area contributed by atoms with E-state index in [2.05, 4.69) is 18.2 Å². The first-order valence-corrected chi connectivity index (χ1v) is 9.99. The molecule has 0 radical (unpaired) electrons. The Morgan fingerprint density at radius 1 is 1.22 bits per heavy atom. The molecule has 0 bridgehead atoms. The first kappa shape index (κ1) is 22.5. The van der Waals surface area contributed by atoms with E-state index in [0.717, 1.165) is 0 Å². The third kappa shape index (κ3) is 3.36. The fourth-order valence-corrected chi connectivity index (χ4v) is 4.47. The molecule has 0 unspecified atom stereocenters. The van der Waals surface area contributed by atoms with Gasteiger partial charge in [0.15, 0.2) is 16.9 Å². The van der Waals surface area contributed by atoms with Crippen LogP contribution in [0, 0.1) is 45.3 Å². The summed E-state index contributed by atoms with van der Waals surface area (Å²) in [5, 5.41) is 30.1. The highest BCUT2D eigenvalue weighted by atomic mass is 16.6. The largest absolute Gasteiger partial charge is 0.493 e. The molecule has 32 heavy (non-hydrogen) atoms. The molecule has 9 nitrogen and oxygen atoms in total. The van der Waals surface area contributed by atoms with Gasteiger partial charge in [0, 0.05) is 24.9 Å². The van der Waals surface area contributed by atoms with Crippen LogP contribution in [0.25, 0.3) is 0 Å². The standard InChI is InChI=1S/C23H23N5O4/c1-4-32-22(29)28-8-7-15-16(10-24)21(27)23(12-25,13-26)20(17(15)11-28)14-5-6-18(30-2)19(9-14)31-3/h5-7,9,17,20H,4,8,11,27H2,1-3H3/t17-,20-/m1/s1. The summed E-state index contributed by atoms with van der Waals surface area (Å²) in [5.74, 6) is -0.391. The van der Waals surface area contributed by atoms with Crippen molar-refractivity contribution in [1.29, 1.82) is 15.8 Å². The van der Waals surface area contributed by atoms with E-state index in [4.69, 9.17) is 19.9 Å². The molecule has 3 rings (SSSR count). The average molecular weight is 433 g/mol. The van der Waals surface area contributed by atoms with Crippen LogP contribution in [-0.2, 0) is 4.74 Å². The van der Waals surface area contributed by atoms with Gasteiger partial charge in [0.05, 0.1) is 44.2 Å². The maximum Gasteiger partial charge on any atom is 0.410 e. The second-order valence-corrected chi connectivity index (χ2v) is 7.39. The lowest BCUT2D eigenvalue weighted by Gasteiger charge is -2.45. The predicted octanol–water partition coefficient (Wildman–Crippen LogP) is 2.59. The number of benzene rings is 1. The van der Waals surface area contributed by atoms with Gasteiger partial charge < -0.3 is 24.8 Å². The van der Waals surface area contributed by atoms with Gasteiger partial charge in [-0.3, -0.25) is 0 Å². The molecule has 1 aliphatic heterocycles. The Kier molecular flexibility index (Phi) is 6.27. The number of nitriles is 3. The minimum absolute atomic E-state index is 0.0862. The van der Waals surface area contributed by atoms with E-state index in [0.29, 0.717) is 22.6 Å². The van der Waals surface area contributed by atoms with Gasteiger partial charge in [-0.15, -0.1) is 0 Å². The van der Waals surface area contributed by atoms with E-state index in [1.54, 1.807) is 31.2 Å². The summed E-state index contributed by atoms with van der Waals surface area (Å²) in [5.41, 5.74) is 5.73. The lowest BCUT2D eigenvalue weighted by Crippen LogP contribution is -2.49. The molecule has 9 heteroatoms. The Balaban J connectivity index is 2.26. The zero-order valence-corrected chi connectivity index (χ0v) is 18.1. The molecule has 1 amide bonds. The van der Waals surface area contributed by atoms with Crippen molar-refractivity contribution < 1.29 is 19.0 Å². The van der Waals surface area contributed by atoms with E-state index in [-0.39, 0.29) is 31.0 Å². The topological polar surface area (TPSA) is 145 Å². The van der Waals surface area contributed by atoms with Crippen molar-refractivity contribution in [2.45, 2.75) is 12.8 Å². The number of carbonyl (C=O) groups is 1. The van der Waals surface area contributed by atoms with Crippen molar-refractivity contribution in [2.75, 3.05) is 33.9 Å². The highest BCUT2D eigenvalue weighted by Gasteiger charge is 2.55. The molecule has 1 aromatic rings. The van der Waals surface area contributed by atoms with Crippen molar-refractivity contribution >= 4 is 6.09 Å². The smallest absolute Gasteiger partial charge is 0.410 e. The normalized spacial score (nSPS) is 21.2. The minimum atomic E-state index is -1.82. The number of hydrogen-bond acceptors (Lipinski definition) is 8. The molecule has 1 aliphatic carbocycles. The quantitative estimate of drug-likeness (QED) is 0.762. The number of hydrogen-bond donors (Lipinski definition) is 1. The van der Waals surface area contributed by atoms with E-state index in [1.165, 1.54) is 19.1 Å². The van der Waals surface area contributed by atoms with Gasteiger partial charge in [0.25, 0.3) is 0 Å². The first-order chi connectivity index (χ1) is 15.4. The number of nitrogens with two attached hydrogens (primary N) is 1. The lowest BCUT2D eigenvalue weighted by atomic mass is 9.58. The number of nitrogens with zero attached hydrogens (tertiary/aromatic N) is 4. The molecule has 164 valence electrons. The fourth-order valence-electron chi connectivity index (χ4n) is 4.47. The molecule has 2 N–H and O–H groups in total. The number of allylic oxidation sites excluding steroid dienone is 2. The number of methoxy groups -OCH3 is 2. The molecule has 1 aromatic carbocycles. The molecule has 0 spiro atoms. The highest BCUT2D eigenvalue weighted by Crippen LogP contribution is 2.54. The van der Waals surface area contributed by atoms with Gasteiger partial charge in [0.2, 0.25) is 0 Å². The zero-order chi connectivity index (χ0) is 23.5. The van der Waals surface area contributed by atoms with Crippen LogP contribution in [0.4, 0.5) is 4.79 Å². The average Bonchev–Trinajstić information content (AvgIpc) is 2.82. The monoisotopic (exact) mass is 433 g/mol. The molecule has 0 aromatic heterocycles. The van der Waals surface area contributed by atoms with Crippen LogP contribution in [0.5, 0.6) is 11.5 Å². The maximum atomic E-state index is 12.4. The van der Waals surface area contributed by atoms with Gasteiger partial charge in [-0.25, -0.2) is 4.79 Å². The van der Waals surface area contributed by atoms with Crippen LogP contribution in [-0.4, -0.2) is 44.9 Å². The molecule has 0 saturated carbocycles. The Morgan fingerprint density at radius 3 is 2.47 bits per heavy atom. The Hall–Kier alpha value is -4.16. The number of rotatable bonds is 4. The molecule has 2 aliphatic rings. The molecular formula is C23H23N5O4. The Bertz CT molecular complexity index is 1100. The molecule has 0 fully saturated rings. The third-order valence-electron chi connectivity index (χ3n) is 5.96. The third-order valence-corrected chi connectivity index (χ3v) is 5.96. The van der Waals surface area contributed by atoms with E-state index < -0.39 is 23.3 Å². The lowest BCUT2D eigenvalue weighted by molar-refractivity contribution is 0.0999. The van der Waals surface area contributed by atoms with Crippen LogP contribution in [0.15, 0.2) is 41.1 Å². The summed E-state index contributed by atoms with van der Waals surface area (Å²) >= 11 is 0. The number of amides is 1. The van der Waals surface area contributed by atoms with E-state index >= 15 is 0 Å². The second-order valence-electron chi connectivity index (χ2n) is 7.39. The van der Waals surface area contributed by atoms with Crippen LogP contribution in [0.3, 0.4) is 0 Å². The highest BCUT2D eigenvalue weighted by molar-refractivity contribution is 5.69. The van der Waals surface area contributed by atoms with Gasteiger partial charge in [-0.2, -0.15) is 15.8 Å². The van der Waals surface area contributed by atoms with Gasteiger partial charge in [-0.1, -0.05) is 12.1 Å². The number of fused-ring (bicyclic) bond motifs is 1. The van der Waals surface area contributed by atoms with Crippen LogP contribution in [0.2, 0.25) is 0 Å². The van der Waals surface area contributed by atoms with Gasteiger partial charge >= 0.3 is 6.09 Å².